The summed E-state index contributed by atoms with van der Waals surface area (Å²) in [5, 5.41) is 10.6. The van der Waals surface area contributed by atoms with E-state index in [-0.39, 0.29) is 18.2 Å². The molecule has 3 aromatic carbocycles. The number of hydrogen-bond acceptors (Lipinski definition) is 5. The van der Waals surface area contributed by atoms with Gasteiger partial charge in [0.1, 0.15) is 18.0 Å². The van der Waals surface area contributed by atoms with Gasteiger partial charge in [-0.1, -0.05) is 47.5 Å². The number of aliphatic carboxylic acids is 1. The number of carboxylic acids is 1. The molecule has 43 heavy (non-hydrogen) atoms. The molecule has 3 aliphatic rings. The van der Waals surface area contributed by atoms with E-state index in [0.29, 0.717) is 51.7 Å². The molecule has 0 aromatic heterocycles. The van der Waals surface area contributed by atoms with Crippen LogP contribution in [0.15, 0.2) is 66.7 Å². The van der Waals surface area contributed by atoms with Crippen LogP contribution in [-0.2, 0) is 30.8 Å². The zero-order valence-electron chi connectivity index (χ0n) is 22.9. The average molecular weight is 648 g/mol. The number of morpholine rings is 1. The summed E-state index contributed by atoms with van der Waals surface area (Å²) in [6, 6.07) is 16.3. The summed E-state index contributed by atoms with van der Waals surface area (Å²) in [5.41, 5.74) is 2.31. The molecule has 0 bridgehead atoms. The number of anilines is 1. The van der Waals surface area contributed by atoms with E-state index in [2.05, 4.69) is 0 Å². The summed E-state index contributed by atoms with van der Waals surface area (Å²) in [5.74, 6) is -2.74. The molecule has 2 heterocycles. The van der Waals surface area contributed by atoms with Crippen LogP contribution in [-0.4, -0.2) is 54.7 Å². The third-order valence-electron chi connectivity index (χ3n) is 8.31. The zero-order valence-corrected chi connectivity index (χ0v) is 25.2. The van der Waals surface area contributed by atoms with Crippen LogP contribution < -0.4 is 4.31 Å². The maximum Gasteiger partial charge on any atom is 0.306 e. The number of carboxylic acid groups (broad SMARTS) is 1. The summed E-state index contributed by atoms with van der Waals surface area (Å²) in [6.45, 7) is 0.170. The fourth-order valence-corrected chi connectivity index (χ4v) is 8.44. The summed E-state index contributed by atoms with van der Waals surface area (Å²) in [7, 11) is -3.99. The minimum atomic E-state index is -3.99. The van der Waals surface area contributed by atoms with Crippen molar-refractivity contribution in [3.63, 3.8) is 0 Å². The van der Waals surface area contributed by atoms with Gasteiger partial charge in [0, 0.05) is 16.6 Å². The Balaban J connectivity index is 1.45. The van der Waals surface area contributed by atoms with Crippen molar-refractivity contribution in [2.24, 2.45) is 5.92 Å². The number of rotatable bonds is 9. The minimum absolute atomic E-state index is 0.118. The standard InChI is InChI=1S/C31H29Cl2FN2O6S/c32-22-8-6-19(7-9-22)29-30(21-2-1-3-23(33)14-21)42-27(16-28(37)38)31(39)36(29)26(18-4-5-18)17-43(40,41)35-13-12-20-15-24(34)10-11-25(20)35/h1-3,6-11,14-15,18,26-27,29-30H,4-5,12-13,16-17H2,(H,37,38)/t26-,27-,29-,30-/m1/s1. The van der Waals surface area contributed by atoms with E-state index in [9.17, 15) is 27.5 Å². The Hall–Kier alpha value is -3.18. The first kappa shape index (κ1) is 29.9. The molecule has 1 N–H and O–H groups in total. The molecule has 0 unspecified atom stereocenters. The topological polar surface area (TPSA) is 104 Å². The number of benzene rings is 3. The number of carbonyl (C=O) groups excluding carboxylic acids is 1. The van der Waals surface area contributed by atoms with Gasteiger partial charge in [-0.3, -0.25) is 13.9 Å². The van der Waals surface area contributed by atoms with Crippen LogP contribution in [0.3, 0.4) is 0 Å². The van der Waals surface area contributed by atoms with E-state index in [1.165, 1.54) is 22.5 Å². The highest BCUT2D eigenvalue weighted by Crippen LogP contribution is 2.48. The quantitative estimate of drug-likeness (QED) is 0.316. The lowest BCUT2D eigenvalue weighted by atomic mass is 9.89. The smallest absolute Gasteiger partial charge is 0.306 e. The van der Waals surface area contributed by atoms with E-state index < -0.39 is 58.4 Å². The van der Waals surface area contributed by atoms with Crippen LogP contribution in [0.2, 0.25) is 10.0 Å². The van der Waals surface area contributed by atoms with Crippen LogP contribution in [0, 0.1) is 11.7 Å². The number of fused-ring (bicyclic) bond motifs is 1. The van der Waals surface area contributed by atoms with Gasteiger partial charge in [0.2, 0.25) is 10.0 Å². The molecule has 2 fully saturated rings. The first-order valence-electron chi connectivity index (χ1n) is 14.0. The molecule has 12 heteroatoms. The monoisotopic (exact) mass is 646 g/mol. The van der Waals surface area contributed by atoms with Crippen LogP contribution in [0.4, 0.5) is 10.1 Å². The Morgan fingerprint density at radius 1 is 1.02 bits per heavy atom. The largest absolute Gasteiger partial charge is 0.481 e. The molecule has 226 valence electrons. The molecular weight excluding hydrogens is 618 g/mol. The molecule has 1 amide bonds. The Morgan fingerprint density at radius 3 is 2.44 bits per heavy atom. The van der Waals surface area contributed by atoms with Gasteiger partial charge in [0.15, 0.2) is 0 Å². The van der Waals surface area contributed by atoms with Crippen molar-refractivity contribution in [1.29, 1.82) is 0 Å². The third-order valence-corrected chi connectivity index (χ3v) is 10.6. The van der Waals surface area contributed by atoms with Gasteiger partial charge >= 0.3 is 5.97 Å². The van der Waals surface area contributed by atoms with E-state index in [1.807, 2.05) is 0 Å². The number of amides is 1. The lowest BCUT2D eigenvalue weighted by molar-refractivity contribution is -0.183. The molecule has 3 aromatic rings. The third kappa shape index (κ3) is 6.11. The number of nitrogens with zero attached hydrogens (tertiary/aromatic N) is 2. The molecule has 0 spiro atoms. The van der Waals surface area contributed by atoms with Crippen molar-refractivity contribution in [3.05, 3.63) is 99.3 Å². The fraction of sp³-hybridized carbons (Fsp3) is 0.355. The molecular formula is C31H29Cl2FN2O6S. The fourth-order valence-electron chi connectivity index (χ4n) is 6.22. The summed E-state index contributed by atoms with van der Waals surface area (Å²) >= 11 is 12.5. The van der Waals surface area contributed by atoms with E-state index in [1.54, 1.807) is 53.4 Å². The van der Waals surface area contributed by atoms with Crippen molar-refractivity contribution >= 4 is 50.8 Å². The molecule has 4 atom stereocenters. The van der Waals surface area contributed by atoms with Gasteiger partial charge < -0.3 is 14.7 Å². The van der Waals surface area contributed by atoms with Crippen molar-refractivity contribution in [1.82, 2.24) is 4.90 Å². The number of ether oxygens (including phenoxy) is 1. The van der Waals surface area contributed by atoms with E-state index >= 15 is 0 Å². The first-order chi connectivity index (χ1) is 20.5. The second kappa shape index (κ2) is 11.7. The maximum absolute atomic E-state index is 14.2. The van der Waals surface area contributed by atoms with Crippen LogP contribution in [0.5, 0.6) is 0 Å². The predicted molar refractivity (Wildman–Crippen MR) is 160 cm³/mol. The Bertz CT molecular complexity index is 1670. The molecule has 0 radical (unpaired) electrons. The van der Waals surface area contributed by atoms with Gasteiger partial charge in [-0.05, 0) is 84.3 Å². The Morgan fingerprint density at radius 2 is 1.77 bits per heavy atom. The van der Waals surface area contributed by atoms with Crippen LogP contribution in [0.25, 0.3) is 0 Å². The second-order valence-corrected chi connectivity index (χ2v) is 14.0. The Labute approximate surface area is 259 Å². The molecule has 8 nitrogen and oxygen atoms in total. The summed E-state index contributed by atoms with van der Waals surface area (Å²) < 4.78 is 49.5. The number of carbonyl (C=O) groups is 2. The van der Waals surface area contributed by atoms with Gasteiger partial charge in [-0.15, -0.1) is 0 Å². The van der Waals surface area contributed by atoms with E-state index in [0.717, 1.165) is 0 Å². The number of halogens is 3. The van der Waals surface area contributed by atoms with Crippen molar-refractivity contribution in [2.75, 3.05) is 16.6 Å². The highest BCUT2D eigenvalue weighted by molar-refractivity contribution is 7.92. The van der Waals surface area contributed by atoms with Gasteiger partial charge in [-0.25, -0.2) is 12.8 Å². The normalized spacial score (nSPS) is 22.9. The van der Waals surface area contributed by atoms with Gasteiger partial charge in [-0.2, -0.15) is 0 Å². The van der Waals surface area contributed by atoms with Gasteiger partial charge in [0.05, 0.1) is 29.9 Å². The number of sulfonamides is 1. The van der Waals surface area contributed by atoms with Crippen molar-refractivity contribution in [3.8, 4) is 0 Å². The van der Waals surface area contributed by atoms with E-state index in [4.69, 9.17) is 27.9 Å². The summed E-state index contributed by atoms with van der Waals surface area (Å²) in [4.78, 5) is 27.6. The molecule has 2 aliphatic heterocycles. The molecule has 1 saturated heterocycles. The molecule has 1 saturated carbocycles. The predicted octanol–water partition coefficient (Wildman–Crippen LogP) is 5.79. The van der Waals surface area contributed by atoms with Gasteiger partial charge in [0.25, 0.3) is 5.91 Å². The summed E-state index contributed by atoms with van der Waals surface area (Å²) in [6.07, 6.45) is -0.973. The van der Waals surface area contributed by atoms with Crippen molar-refractivity contribution < 1.29 is 32.2 Å². The Kier molecular flexibility index (Phi) is 8.14. The lowest BCUT2D eigenvalue weighted by Crippen LogP contribution is -2.58. The average Bonchev–Trinajstić information content (AvgIpc) is 3.71. The molecule has 6 rings (SSSR count). The zero-order chi connectivity index (χ0) is 30.5. The van der Waals surface area contributed by atoms with Crippen LogP contribution in [0.1, 0.15) is 48.1 Å². The maximum atomic E-state index is 14.2. The number of hydrogen-bond donors (Lipinski definition) is 1. The minimum Gasteiger partial charge on any atom is -0.481 e. The van der Waals surface area contributed by atoms with Crippen LogP contribution >= 0.6 is 23.2 Å². The first-order valence-corrected chi connectivity index (χ1v) is 16.4. The SMILES string of the molecule is O=C(O)C[C@H]1O[C@H](c2cccc(Cl)c2)[C@@H](c2ccc(Cl)cc2)N([C@H](CS(=O)(=O)N2CCc3cc(F)ccc32)C2CC2)C1=O. The van der Waals surface area contributed by atoms with Crippen molar-refractivity contribution in [2.45, 2.75) is 50.0 Å². The highest BCUT2D eigenvalue weighted by Gasteiger charge is 2.52. The lowest BCUT2D eigenvalue weighted by Gasteiger charge is -2.48. The molecule has 1 aliphatic carbocycles. The highest BCUT2D eigenvalue weighted by atomic mass is 35.5. The second-order valence-electron chi connectivity index (χ2n) is 11.2.